The molecule has 1 fully saturated rings. The molecule has 0 radical (unpaired) electrons. The van der Waals surface area contributed by atoms with Crippen molar-refractivity contribution in [3.63, 3.8) is 0 Å². The molecule has 0 saturated carbocycles. The first-order valence-corrected chi connectivity index (χ1v) is 6.22. The first-order chi connectivity index (χ1) is 9.00. The summed E-state index contributed by atoms with van der Waals surface area (Å²) in [7, 11) is 0. The molecular formula is C12H18N4O3. The molecule has 0 aromatic carbocycles. The van der Waals surface area contributed by atoms with Crippen LogP contribution in [-0.4, -0.2) is 47.5 Å². The third-order valence-corrected chi connectivity index (χ3v) is 3.40. The maximum Gasteiger partial charge on any atom is 0.241 e. The molecule has 0 aliphatic carbocycles. The SMILES string of the molecule is Cc1noc(C)c1CC(=O)N1CCNCC1C(N)=O. The van der Waals surface area contributed by atoms with Gasteiger partial charge in [-0.15, -0.1) is 0 Å². The van der Waals surface area contributed by atoms with E-state index < -0.39 is 11.9 Å². The van der Waals surface area contributed by atoms with E-state index in [4.69, 9.17) is 10.3 Å². The highest BCUT2D eigenvalue weighted by atomic mass is 16.5. The van der Waals surface area contributed by atoms with Crippen LogP contribution in [0.25, 0.3) is 0 Å². The molecule has 2 rings (SSSR count). The summed E-state index contributed by atoms with van der Waals surface area (Å²) in [6, 6.07) is -0.582. The standard InChI is InChI=1S/C12H18N4O3/c1-7-9(8(2)19-15-7)5-11(17)16-4-3-14-6-10(16)12(13)18/h10,14H,3-6H2,1-2H3,(H2,13,18). The van der Waals surface area contributed by atoms with Crippen LogP contribution in [0.15, 0.2) is 4.52 Å². The number of aromatic nitrogens is 1. The molecule has 1 atom stereocenters. The van der Waals surface area contributed by atoms with Crippen molar-refractivity contribution in [3.05, 3.63) is 17.0 Å². The number of rotatable bonds is 3. The van der Waals surface area contributed by atoms with E-state index in [0.717, 1.165) is 5.56 Å². The lowest BCUT2D eigenvalue weighted by atomic mass is 10.1. The Hall–Kier alpha value is -1.89. The molecule has 1 aliphatic rings. The van der Waals surface area contributed by atoms with Gasteiger partial charge in [0.2, 0.25) is 11.8 Å². The van der Waals surface area contributed by atoms with E-state index in [1.165, 1.54) is 4.90 Å². The van der Waals surface area contributed by atoms with Gasteiger partial charge in [0.25, 0.3) is 0 Å². The molecule has 1 unspecified atom stereocenters. The Balaban J connectivity index is 2.12. The second kappa shape index (κ2) is 5.40. The molecule has 1 aromatic heterocycles. The third kappa shape index (κ3) is 2.76. The quantitative estimate of drug-likeness (QED) is 0.739. The summed E-state index contributed by atoms with van der Waals surface area (Å²) in [5, 5.41) is 6.88. The van der Waals surface area contributed by atoms with E-state index in [1.54, 1.807) is 13.8 Å². The minimum atomic E-state index is -0.582. The average molecular weight is 266 g/mol. The van der Waals surface area contributed by atoms with Crippen LogP contribution >= 0.6 is 0 Å². The first kappa shape index (κ1) is 13.5. The number of carbonyl (C=O) groups is 2. The summed E-state index contributed by atoms with van der Waals surface area (Å²) < 4.78 is 5.03. The highest BCUT2D eigenvalue weighted by Crippen LogP contribution is 2.15. The van der Waals surface area contributed by atoms with Gasteiger partial charge in [-0.25, -0.2) is 0 Å². The largest absolute Gasteiger partial charge is 0.368 e. The van der Waals surface area contributed by atoms with Crippen LogP contribution in [0.5, 0.6) is 0 Å². The summed E-state index contributed by atoms with van der Waals surface area (Å²) in [4.78, 5) is 25.2. The number of hydrogen-bond donors (Lipinski definition) is 2. The highest BCUT2D eigenvalue weighted by Gasteiger charge is 2.31. The first-order valence-electron chi connectivity index (χ1n) is 6.22. The van der Waals surface area contributed by atoms with Gasteiger partial charge >= 0.3 is 0 Å². The number of piperazine rings is 1. The number of hydrogen-bond acceptors (Lipinski definition) is 5. The molecule has 2 heterocycles. The van der Waals surface area contributed by atoms with Crippen LogP contribution in [0, 0.1) is 13.8 Å². The molecule has 7 heteroatoms. The van der Waals surface area contributed by atoms with Crippen LogP contribution in [0.1, 0.15) is 17.0 Å². The second-order valence-electron chi connectivity index (χ2n) is 4.69. The molecule has 1 saturated heterocycles. The number of primary amides is 1. The van der Waals surface area contributed by atoms with Crippen LogP contribution < -0.4 is 11.1 Å². The van der Waals surface area contributed by atoms with E-state index >= 15 is 0 Å². The highest BCUT2D eigenvalue weighted by molar-refractivity contribution is 5.88. The number of nitrogens with one attached hydrogen (secondary N) is 1. The van der Waals surface area contributed by atoms with Crippen molar-refractivity contribution in [1.82, 2.24) is 15.4 Å². The van der Waals surface area contributed by atoms with Gasteiger partial charge in [0.1, 0.15) is 11.8 Å². The Morgan fingerprint density at radius 1 is 1.53 bits per heavy atom. The Labute approximate surface area is 111 Å². The summed E-state index contributed by atoms with van der Waals surface area (Å²) in [5.41, 5.74) is 6.81. The lowest BCUT2D eigenvalue weighted by molar-refractivity contribution is -0.139. The van der Waals surface area contributed by atoms with Crippen LogP contribution in [-0.2, 0) is 16.0 Å². The number of nitrogens with zero attached hydrogens (tertiary/aromatic N) is 2. The fourth-order valence-electron chi connectivity index (χ4n) is 2.26. The Kier molecular flexibility index (Phi) is 3.84. The van der Waals surface area contributed by atoms with Crippen molar-refractivity contribution in [2.24, 2.45) is 5.73 Å². The third-order valence-electron chi connectivity index (χ3n) is 3.40. The van der Waals surface area contributed by atoms with Crippen molar-refractivity contribution >= 4 is 11.8 Å². The molecule has 3 N–H and O–H groups in total. The summed E-state index contributed by atoms with van der Waals surface area (Å²) in [6.07, 6.45) is 0.185. The predicted molar refractivity (Wildman–Crippen MR) is 67.2 cm³/mol. The fraction of sp³-hybridized carbons (Fsp3) is 0.583. The van der Waals surface area contributed by atoms with Gasteiger partial charge in [-0.05, 0) is 13.8 Å². The van der Waals surface area contributed by atoms with Gasteiger partial charge in [0.15, 0.2) is 0 Å². The molecule has 0 spiro atoms. The van der Waals surface area contributed by atoms with E-state index in [9.17, 15) is 9.59 Å². The van der Waals surface area contributed by atoms with Gasteiger partial charge in [0.05, 0.1) is 12.1 Å². The zero-order valence-electron chi connectivity index (χ0n) is 11.1. The lowest BCUT2D eigenvalue weighted by Crippen LogP contribution is -2.59. The monoisotopic (exact) mass is 266 g/mol. The van der Waals surface area contributed by atoms with E-state index in [2.05, 4.69) is 10.5 Å². The summed E-state index contributed by atoms with van der Waals surface area (Å²) >= 11 is 0. The number of carbonyl (C=O) groups excluding carboxylic acids is 2. The van der Waals surface area contributed by atoms with Gasteiger partial charge in [-0.2, -0.15) is 0 Å². The van der Waals surface area contributed by atoms with Crippen LogP contribution in [0.4, 0.5) is 0 Å². The normalized spacial score (nSPS) is 19.5. The van der Waals surface area contributed by atoms with E-state index in [-0.39, 0.29) is 12.3 Å². The molecule has 7 nitrogen and oxygen atoms in total. The van der Waals surface area contributed by atoms with E-state index in [1.807, 2.05) is 0 Å². The molecule has 104 valence electrons. The molecule has 19 heavy (non-hydrogen) atoms. The zero-order chi connectivity index (χ0) is 14.0. The molecular weight excluding hydrogens is 248 g/mol. The van der Waals surface area contributed by atoms with Gasteiger partial charge in [-0.1, -0.05) is 5.16 Å². The fourth-order valence-corrected chi connectivity index (χ4v) is 2.26. The topological polar surface area (TPSA) is 101 Å². The molecule has 1 aliphatic heterocycles. The Bertz CT molecular complexity index is 478. The maximum absolute atomic E-state index is 12.3. The Morgan fingerprint density at radius 3 is 2.84 bits per heavy atom. The second-order valence-corrected chi connectivity index (χ2v) is 4.69. The van der Waals surface area contributed by atoms with Crippen LogP contribution in [0.2, 0.25) is 0 Å². The number of nitrogens with two attached hydrogens (primary N) is 1. The maximum atomic E-state index is 12.3. The van der Waals surface area contributed by atoms with Crippen molar-refractivity contribution in [2.75, 3.05) is 19.6 Å². The summed E-state index contributed by atoms with van der Waals surface area (Å²) in [5.74, 6) is 0.0237. The minimum Gasteiger partial charge on any atom is -0.368 e. The number of amides is 2. The Morgan fingerprint density at radius 2 is 2.26 bits per heavy atom. The smallest absolute Gasteiger partial charge is 0.241 e. The van der Waals surface area contributed by atoms with Gasteiger partial charge in [0, 0.05) is 25.2 Å². The zero-order valence-corrected chi connectivity index (χ0v) is 11.1. The predicted octanol–water partition coefficient (Wildman–Crippen LogP) is -0.880. The molecule has 0 bridgehead atoms. The van der Waals surface area contributed by atoms with Gasteiger partial charge < -0.3 is 20.5 Å². The molecule has 1 aromatic rings. The van der Waals surface area contributed by atoms with E-state index in [0.29, 0.717) is 31.1 Å². The van der Waals surface area contributed by atoms with Crippen molar-refractivity contribution in [1.29, 1.82) is 0 Å². The van der Waals surface area contributed by atoms with Crippen molar-refractivity contribution < 1.29 is 14.1 Å². The number of aryl methyl sites for hydroxylation is 2. The van der Waals surface area contributed by atoms with Crippen molar-refractivity contribution in [2.45, 2.75) is 26.3 Å². The average Bonchev–Trinajstić information content (AvgIpc) is 2.70. The minimum absolute atomic E-state index is 0.125. The van der Waals surface area contributed by atoms with Gasteiger partial charge in [-0.3, -0.25) is 9.59 Å². The van der Waals surface area contributed by atoms with Crippen LogP contribution in [0.3, 0.4) is 0 Å². The lowest BCUT2D eigenvalue weighted by Gasteiger charge is -2.34. The summed E-state index contributed by atoms with van der Waals surface area (Å²) in [6.45, 7) is 5.12. The molecule has 2 amide bonds. The van der Waals surface area contributed by atoms with Crippen molar-refractivity contribution in [3.8, 4) is 0 Å².